The third kappa shape index (κ3) is 3.38. The second-order valence-corrected chi connectivity index (χ2v) is 5.25. The highest BCUT2D eigenvalue weighted by molar-refractivity contribution is 7.16. The molecular formula is C12H9ClN2O2S. The quantitative estimate of drug-likeness (QED) is 0.634. The Kier molecular flexibility index (Phi) is 4.07. The Morgan fingerprint density at radius 1 is 1.44 bits per heavy atom. The Morgan fingerprint density at radius 2 is 2.17 bits per heavy atom. The highest BCUT2D eigenvalue weighted by Crippen LogP contribution is 2.21. The fraction of sp³-hybridized carbons (Fsp3) is 0.0833. The Balaban J connectivity index is 2.24. The molecule has 0 spiro atoms. The molecule has 0 bridgehead atoms. The highest BCUT2D eigenvalue weighted by atomic mass is 35.5. The van der Waals surface area contributed by atoms with E-state index in [0.29, 0.717) is 9.34 Å². The summed E-state index contributed by atoms with van der Waals surface area (Å²) in [5.41, 5.74) is 0.996. The van der Waals surface area contributed by atoms with E-state index in [1.165, 1.54) is 23.6 Å². The number of allylic oxidation sites excluding steroid dienone is 1. The molecule has 0 fully saturated rings. The van der Waals surface area contributed by atoms with Crippen LogP contribution in [0.4, 0.5) is 0 Å². The van der Waals surface area contributed by atoms with Crippen LogP contribution in [0.1, 0.15) is 10.6 Å². The van der Waals surface area contributed by atoms with Crippen LogP contribution in [0, 0.1) is 10.1 Å². The number of aromatic nitrogens is 1. The highest BCUT2D eigenvalue weighted by Gasteiger charge is 2.13. The average molecular weight is 281 g/mol. The van der Waals surface area contributed by atoms with Crippen molar-refractivity contribution >= 4 is 29.0 Å². The van der Waals surface area contributed by atoms with E-state index in [9.17, 15) is 10.1 Å². The lowest BCUT2D eigenvalue weighted by Gasteiger charge is -1.98. The fourth-order valence-corrected chi connectivity index (χ4v) is 2.34. The number of halogens is 1. The Bertz CT molecular complexity index is 581. The largest absolute Gasteiger partial charge is 0.259 e. The number of nitrogens with zero attached hydrogens (tertiary/aromatic N) is 2. The molecule has 6 heteroatoms. The zero-order valence-corrected chi connectivity index (χ0v) is 10.8. The first-order valence-corrected chi connectivity index (χ1v) is 6.35. The molecule has 1 heterocycles. The van der Waals surface area contributed by atoms with Gasteiger partial charge in [-0.3, -0.25) is 10.1 Å². The van der Waals surface area contributed by atoms with Crippen LogP contribution < -0.4 is 0 Å². The standard InChI is InChI=1S/C12H9ClN2O2S/c13-11-8-14-12(18-11)7-10(15(16)17)6-9-4-2-1-3-5-9/h1-5,7-8H,6H2/b10-7+. The topological polar surface area (TPSA) is 56.0 Å². The number of benzene rings is 1. The molecule has 2 rings (SSSR count). The van der Waals surface area contributed by atoms with Crippen LogP contribution >= 0.6 is 22.9 Å². The number of thiazole rings is 1. The van der Waals surface area contributed by atoms with Gasteiger partial charge in [-0.25, -0.2) is 4.98 Å². The summed E-state index contributed by atoms with van der Waals surface area (Å²) in [6, 6.07) is 9.29. The molecule has 0 atom stereocenters. The van der Waals surface area contributed by atoms with E-state index in [0.717, 1.165) is 5.56 Å². The summed E-state index contributed by atoms with van der Waals surface area (Å²) in [6.07, 6.45) is 3.22. The van der Waals surface area contributed by atoms with Crippen molar-refractivity contribution in [1.29, 1.82) is 0 Å². The van der Waals surface area contributed by atoms with Gasteiger partial charge in [0.25, 0.3) is 5.70 Å². The first kappa shape index (κ1) is 12.7. The monoisotopic (exact) mass is 280 g/mol. The lowest BCUT2D eigenvalue weighted by molar-refractivity contribution is -0.425. The van der Waals surface area contributed by atoms with E-state index < -0.39 is 0 Å². The third-order valence-electron chi connectivity index (χ3n) is 2.25. The van der Waals surface area contributed by atoms with Crippen LogP contribution in [-0.2, 0) is 6.42 Å². The van der Waals surface area contributed by atoms with Crippen molar-refractivity contribution < 1.29 is 4.92 Å². The van der Waals surface area contributed by atoms with Gasteiger partial charge in [0.1, 0.15) is 9.34 Å². The maximum atomic E-state index is 11.0. The zero-order chi connectivity index (χ0) is 13.0. The maximum absolute atomic E-state index is 11.0. The number of rotatable bonds is 4. The van der Waals surface area contributed by atoms with E-state index in [-0.39, 0.29) is 17.0 Å². The van der Waals surface area contributed by atoms with Crippen LogP contribution in [0.2, 0.25) is 4.34 Å². The van der Waals surface area contributed by atoms with Gasteiger partial charge in [0.2, 0.25) is 0 Å². The van der Waals surface area contributed by atoms with Crippen LogP contribution in [0.3, 0.4) is 0 Å². The molecule has 0 saturated heterocycles. The summed E-state index contributed by atoms with van der Waals surface area (Å²) in [4.78, 5) is 14.6. The van der Waals surface area contributed by atoms with Gasteiger partial charge in [0, 0.05) is 6.08 Å². The summed E-state index contributed by atoms with van der Waals surface area (Å²) in [5.74, 6) is 0. The van der Waals surface area contributed by atoms with Crippen molar-refractivity contribution in [3.63, 3.8) is 0 Å². The third-order valence-corrected chi connectivity index (χ3v) is 3.31. The molecule has 1 aromatic carbocycles. The minimum absolute atomic E-state index is 0.104. The van der Waals surface area contributed by atoms with Gasteiger partial charge < -0.3 is 0 Å². The second-order valence-electron chi connectivity index (χ2n) is 3.56. The van der Waals surface area contributed by atoms with Gasteiger partial charge in [-0.05, 0) is 5.56 Å². The fourth-order valence-electron chi connectivity index (χ4n) is 1.45. The van der Waals surface area contributed by atoms with E-state index in [1.54, 1.807) is 0 Å². The second kappa shape index (κ2) is 5.75. The summed E-state index contributed by atoms with van der Waals surface area (Å²) < 4.78 is 0.517. The first-order valence-electron chi connectivity index (χ1n) is 5.15. The van der Waals surface area contributed by atoms with Crippen LogP contribution in [0.15, 0.2) is 42.2 Å². The summed E-state index contributed by atoms with van der Waals surface area (Å²) in [6.45, 7) is 0. The predicted molar refractivity (Wildman–Crippen MR) is 72.2 cm³/mol. The normalized spacial score (nSPS) is 11.5. The van der Waals surface area contributed by atoms with Crippen molar-refractivity contribution in [2.75, 3.05) is 0 Å². The zero-order valence-electron chi connectivity index (χ0n) is 9.25. The smallest absolute Gasteiger partial charge is 0.253 e. The Labute approximate surface area is 113 Å². The summed E-state index contributed by atoms with van der Waals surface area (Å²) in [7, 11) is 0. The van der Waals surface area contributed by atoms with Crippen molar-refractivity contribution in [3.8, 4) is 0 Å². The minimum atomic E-state index is -0.387. The first-order chi connectivity index (χ1) is 8.65. The molecule has 92 valence electrons. The molecule has 0 aliphatic rings. The molecule has 0 unspecified atom stereocenters. The van der Waals surface area contributed by atoms with Crippen molar-refractivity contribution in [1.82, 2.24) is 4.98 Å². The Hall–Kier alpha value is -1.72. The van der Waals surface area contributed by atoms with Crippen LogP contribution in [-0.4, -0.2) is 9.91 Å². The molecule has 0 saturated carbocycles. The number of hydrogen-bond donors (Lipinski definition) is 0. The molecule has 0 radical (unpaired) electrons. The Morgan fingerprint density at radius 3 is 2.72 bits per heavy atom. The molecule has 0 amide bonds. The van der Waals surface area contributed by atoms with Crippen molar-refractivity contribution in [3.05, 3.63) is 67.2 Å². The van der Waals surface area contributed by atoms with Crippen molar-refractivity contribution in [2.24, 2.45) is 0 Å². The van der Waals surface area contributed by atoms with Gasteiger partial charge in [-0.1, -0.05) is 41.9 Å². The molecule has 18 heavy (non-hydrogen) atoms. The van der Waals surface area contributed by atoms with E-state index in [1.807, 2.05) is 30.3 Å². The lowest BCUT2D eigenvalue weighted by atomic mass is 10.1. The number of nitro groups is 1. The SMILES string of the molecule is O=[N+]([O-])/C(=C/c1ncc(Cl)s1)Cc1ccccc1. The van der Waals surface area contributed by atoms with E-state index in [2.05, 4.69) is 4.98 Å². The average Bonchev–Trinajstić information content (AvgIpc) is 2.75. The molecular weight excluding hydrogens is 272 g/mol. The predicted octanol–water partition coefficient (Wildman–Crippen LogP) is 3.66. The van der Waals surface area contributed by atoms with E-state index in [4.69, 9.17) is 11.6 Å². The molecule has 4 nitrogen and oxygen atoms in total. The van der Waals surface area contributed by atoms with Gasteiger partial charge in [-0.2, -0.15) is 0 Å². The number of hydrogen-bond acceptors (Lipinski definition) is 4. The van der Waals surface area contributed by atoms with E-state index >= 15 is 0 Å². The van der Waals surface area contributed by atoms with Gasteiger partial charge in [-0.15, -0.1) is 11.3 Å². The lowest BCUT2D eigenvalue weighted by Crippen LogP contribution is -2.02. The van der Waals surface area contributed by atoms with Gasteiger partial charge in [0.05, 0.1) is 17.5 Å². The summed E-state index contributed by atoms with van der Waals surface area (Å²) >= 11 is 6.96. The molecule has 1 aromatic heterocycles. The van der Waals surface area contributed by atoms with Gasteiger partial charge >= 0.3 is 0 Å². The molecule has 0 N–H and O–H groups in total. The minimum Gasteiger partial charge on any atom is -0.259 e. The summed E-state index contributed by atoms with van der Waals surface area (Å²) in [5, 5.41) is 11.5. The molecule has 0 aliphatic carbocycles. The van der Waals surface area contributed by atoms with Crippen molar-refractivity contribution in [2.45, 2.75) is 6.42 Å². The molecule has 2 aromatic rings. The molecule has 0 aliphatic heterocycles. The van der Waals surface area contributed by atoms with Crippen LogP contribution in [0.25, 0.3) is 6.08 Å². The van der Waals surface area contributed by atoms with Crippen LogP contribution in [0.5, 0.6) is 0 Å². The maximum Gasteiger partial charge on any atom is 0.253 e. The van der Waals surface area contributed by atoms with Gasteiger partial charge in [0.15, 0.2) is 0 Å².